The lowest BCUT2D eigenvalue weighted by molar-refractivity contribution is 0.979. The minimum atomic E-state index is 0.595. The van der Waals surface area contributed by atoms with Gasteiger partial charge in [0.05, 0.1) is 0 Å². The molecule has 1 aromatic rings. The highest BCUT2D eigenvalue weighted by Crippen LogP contribution is 1.96. The Labute approximate surface area is 65.9 Å². The van der Waals surface area contributed by atoms with Gasteiger partial charge in [-0.2, -0.15) is 0 Å². The third-order valence-corrected chi connectivity index (χ3v) is 1.22. The molecule has 0 atom stereocenters. The Morgan fingerprint density at radius 3 is 3.09 bits per heavy atom. The van der Waals surface area contributed by atoms with Gasteiger partial charge < -0.3 is 11.1 Å². The molecule has 0 bridgehead atoms. The number of aromatic nitrogens is 2. The quantitative estimate of drug-likeness (QED) is 0.647. The summed E-state index contributed by atoms with van der Waals surface area (Å²) < 4.78 is 0. The first-order chi connectivity index (χ1) is 5.33. The van der Waals surface area contributed by atoms with Crippen molar-refractivity contribution >= 4 is 5.95 Å². The van der Waals surface area contributed by atoms with Crippen molar-refractivity contribution in [3.8, 4) is 0 Å². The van der Waals surface area contributed by atoms with Crippen molar-refractivity contribution in [3.05, 3.63) is 18.0 Å². The Bertz CT molecular complexity index is 223. The average molecular weight is 152 g/mol. The van der Waals surface area contributed by atoms with E-state index in [-0.39, 0.29) is 0 Å². The van der Waals surface area contributed by atoms with Crippen molar-refractivity contribution in [1.82, 2.24) is 9.97 Å². The summed E-state index contributed by atoms with van der Waals surface area (Å²) in [7, 11) is 0. The van der Waals surface area contributed by atoms with E-state index in [9.17, 15) is 0 Å². The van der Waals surface area contributed by atoms with Crippen molar-refractivity contribution < 1.29 is 0 Å². The molecule has 0 aliphatic heterocycles. The summed E-state index contributed by atoms with van der Waals surface area (Å²) in [6.07, 6.45) is 1.72. The van der Waals surface area contributed by atoms with Gasteiger partial charge in [0.1, 0.15) is 0 Å². The van der Waals surface area contributed by atoms with E-state index in [1.54, 1.807) is 6.20 Å². The lowest BCUT2D eigenvalue weighted by atomic mass is 10.5. The van der Waals surface area contributed by atoms with Gasteiger partial charge in [0.2, 0.25) is 5.95 Å². The average Bonchev–Trinajstić information content (AvgIpc) is 2.01. The van der Waals surface area contributed by atoms with Crippen molar-refractivity contribution in [1.29, 1.82) is 0 Å². The zero-order chi connectivity index (χ0) is 8.10. The van der Waals surface area contributed by atoms with Gasteiger partial charge in [-0.1, -0.05) is 0 Å². The minimum Gasteiger partial charge on any atom is -0.353 e. The van der Waals surface area contributed by atoms with E-state index in [0.29, 0.717) is 19.0 Å². The van der Waals surface area contributed by atoms with Gasteiger partial charge in [-0.3, -0.25) is 0 Å². The Balaban J connectivity index is 2.56. The molecule has 0 fully saturated rings. The van der Waals surface area contributed by atoms with Crippen LogP contribution in [-0.4, -0.2) is 23.1 Å². The second kappa shape index (κ2) is 3.88. The number of anilines is 1. The molecule has 4 heteroatoms. The van der Waals surface area contributed by atoms with Crippen LogP contribution in [0.1, 0.15) is 5.69 Å². The molecule has 0 amide bonds. The number of rotatable bonds is 3. The molecule has 0 aliphatic rings. The SMILES string of the molecule is Cc1ccnc(NCCN)n1. The van der Waals surface area contributed by atoms with Crippen LogP contribution in [0.5, 0.6) is 0 Å². The van der Waals surface area contributed by atoms with E-state index in [4.69, 9.17) is 5.73 Å². The fourth-order valence-corrected chi connectivity index (χ4v) is 0.718. The summed E-state index contributed by atoms with van der Waals surface area (Å²) in [5.74, 6) is 0.649. The van der Waals surface area contributed by atoms with E-state index in [1.807, 2.05) is 13.0 Å². The summed E-state index contributed by atoms with van der Waals surface area (Å²) >= 11 is 0. The van der Waals surface area contributed by atoms with Crippen LogP contribution < -0.4 is 11.1 Å². The summed E-state index contributed by atoms with van der Waals surface area (Å²) in [6.45, 7) is 3.23. The molecule has 4 nitrogen and oxygen atoms in total. The maximum absolute atomic E-state index is 5.30. The monoisotopic (exact) mass is 152 g/mol. The van der Waals surface area contributed by atoms with E-state index in [0.717, 1.165) is 5.69 Å². The van der Waals surface area contributed by atoms with Crippen LogP contribution in [0.3, 0.4) is 0 Å². The van der Waals surface area contributed by atoms with Crippen LogP contribution in [-0.2, 0) is 0 Å². The number of nitrogens with one attached hydrogen (secondary N) is 1. The molecule has 1 aromatic heterocycles. The normalized spacial score (nSPS) is 9.64. The van der Waals surface area contributed by atoms with Gasteiger partial charge in [0.15, 0.2) is 0 Å². The fraction of sp³-hybridized carbons (Fsp3) is 0.429. The van der Waals surface area contributed by atoms with Crippen molar-refractivity contribution in [2.24, 2.45) is 5.73 Å². The lowest BCUT2D eigenvalue weighted by Gasteiger charge is -2.01. The molecule has 0 unspecified atom stereocenters. The first-order valence-electron chi connectivity index (χ1n) is 3.56. The second-order valence-corrected chi connectivity index (χ2v) is 2.24. The summed E-state index contributed by atoms with van der Waals surface area (Å²) in [6, 6.07) is 1.85. The highest BCUT2D eigenvalue weighted by atomic mass is 15.1. The third kappa shape index (κ3) is 2.51. The Morgan fingerprint density at radius 1 is 1.64 bits per heavy atom. The third-order valence-electron chi connectivity index (χ3n) is 1.22. The van der Waals surface area contributed by atoms with Gasteiger partial charge >= 0.3 is 0 Å². The maximum Gasteiger partial charge on any atom is 0.222 e. The van der Waals surface area contributed by atoms with Gasteiger partial charge in [0, 0.05) is 25.0 Å². The molecule has 0 radical (unpaired) electrons. The van der Waals surface area contributed by atoms with Crippen LogP contribution >= 0.6 is 0 Å². The summed E-state index contributed by atoms with van der Waals surface area (Å²) in [4.78, 5) is 8.13. The van der Waals surface area contributed by atoms with Crippen LogP contribution in [0, 0.1) is 6.92 Å². The van der Waals surface area contributed by atoms with Crippen LogP contribution in [0.2, 0.25) is 0 Å². The first kappa shape index (κ1) is 7.94. The minimum absolute atomic E-state index is 0.595. The van der Waals surface area contributed by atoms with Gasteiger partial charge in [-0.25, -0.2) is 9.97 Å². The lowest BCUT2D eigenvalue weighted by Crippen LogP contribution is -2.14. The second-order valence-electron chi connectivity index (χ2n) is 2.24. The Morgan fingerprint density at radius 2 is 2.45 bits per heavy atom. The molecule has 1 rings (SSSR count). The fourth-order valence-electron chi connectivity index (χ4n) is 0.718. The molecule has 0 saturated carbocycles. The maximum atomic E-state index is 5.30. The Kier molecular flexibility index (Phi) is 2.80. The molecule has 3 N–H and O–H groups in total. The van der Waals surface area contributed by atoms with Gasteiger partial charge in [0.25, 0.3) is 0 Å². The van der Waals surface area contributed by atoms with Crippen LogP contribution in [0.4, 0.5) is 5.95 Å². The predicted molar refractivity (Wildman–Crippen MR) is 44.3 cm³/mol. The molecule has 1 heterocycles. The topological polar surface area (TPSA) is 63.8 Å². The van der Waals surface area contributed by atoms with Gasteiger partial charge in [-0.05, 0) is 13.0 Å². The van der Waals surface area contributed by atoms with Crippen molar-refractivity contribution in [2.75, 3.05) is 18.4 Å². The van der Waals surface area contributed by atoms with Crippen LogP contribution in [0.25, 0.3) is 0 Å². The van der Waals surface area contributed by atoms with Crippen LogP contribution in [0.15, 0.2) is 12.3 Å². The number of aryl methyl sites for hydroxylation is 1. The summed E-state index contributed by atoms with van der Waals surface area (Å²) in [5.41, 5.74) is 6.25. The molecule has 0 spiro atoms. The van der Waals surface area contributed by atoms with Crippen molar-refractivity contribution in [3.63, 3.8) is 0 Å². The van der Waals surface area contributed by atoms with E-state index in [1.165, 1.54) is 0 Å². The molecular weight excluding hydrogens is 140 g/mol. The van der Waals surface area contributed by atoms with E-state index < -0.39 is 0 Å². The predicted octanol–water partition coefficient (Wildman–Crippen LogP) is 0.156. The molecular formula is C7H12N4. The molecule has 0 aliphatic carbocycles. The molecule has 11 heavy (non-hydrogen) atoms. The Hall–Kier alpha value is -1.16. The molecule has 60 valence electrons. The summed E-state index contributed by atoms with van der Waals surface area (Å²) in [5, 5.41) is 2.99. The highest BCUT2D eigenvalue weighted by Gasteiger charge is 1.91. The van der Waals surface area contributed by atoms with E-state index >= 15 is 0 Å². The highest BCUT2D eigenvalue weighted by molar-refractivity contribution is 5.24. The smallest absolute Gasteiger partial charge is 0.222 e. The van der Waals surface area contributed by atoms with Crippen molar-refractivity contribution in [2.45, 2.75) is 6.92 Å². The number of hydrogen-bond donors (Lipinski definition) is 2. The van der Waals surface area contributed by atoms with Gasteiger partial charge in [-0.15, -0.1) is 0 Å². The van der Waals surface area contributed by atoms with E-state index in [2.05, 4.69) is 15.3 Å². The first-order valence-corrected chi connectivity index (χ1v) is 3.56. The number of nitrogens with zero attached hydrogens (tertiary/aromatic N) is 2. The molecule has 0 saturated heterocycles. The number of nitrogens with two attached hydrogens (primary N) is 1. The number of hydrogen-bond acceptors (Lipinski definition) is 4. The zero-order valence-electron chi connectivity index (χ0n) is 6.54. The largest absolute Gasteiger partial charge is 0.353 e. The standard InChI is InChI=1S/C7H12N4/c1-6-2-4-9-7(11-6)10-5-3-8/h2,4H,3,5,8H2,1H3,(H,9,10,11). The molecule has 0 aromatic carbocycles. The zero-order valence-corrected chi connectivity index (χ0v) is 6.54.